The molecule has 0 spiro atoms. The van der Waals surface area contributed by atoms with Gasteiger partial charge in [-0.1, -0.05) is 74.1 Å². The van der Waals surface area contributed by atoms with Crippen molar-refractivity contribution in [3.63, 3.8) is 0 Å². The van der Waals surface area contributed by atoms with Crippen LogP contribution >= 0.6 is 0 Å². The maximum absolute atomic E-state index is 12.4. The van der Waals surface area contributed by atoms with Crippen LogP contribution in [0.15, 0.2) is 29.2 Å². The van der Waals surface area contributed by atoms with E-state index in [0.29, 0.717) is 23.3 Å². The Bertz CT molecular complexity index is 894. The fraction of sp³-hybridized carbons (Fsp3) is 0.741. The van der Waals surface area contributed by atoms with E-state index in [1.54, 1.807) is 30.3 Å². The number of rotatable bonds is 7. The van der Waals surface area contributed by atoms with Gasteiger partial charge < -0.3 is 21.7 Å². The minimum Gasteiger partial charge on any atom is -0.480 e. The molecule has 9 heteroatoms. The van der Waals surface area contributed by atoms with E-state index in [9.17, 15) is 13.2 Å². The van der Waals surface area contributed by atoms with Crippen molar-refractivity contribution >= 4 is 16.0 Å². The molecular formula is C27H55N3O5S. The van der Waals surface area contributed by atoms with Crippen LogP contribution in [-0.2, 0) is 14.8 Å². The Morgan fingerprint density at radius 3 is 1.64 bits per heavy atom. The van der Waals surface area contributed by atoms with Crippen molar-refractivity contribution in [1.29, 1.82) is 0 Å². The Morgan fingerprint density at radius 2 is 1.44 bits per heavy atom. The highest BCUT2D eigenvalue weighted by molar-refractivity contribution is 7.89. The molecule has 1 aromatic rings. The van der Waals surface area contributed by atoms with E-state index < -0.39 is 27.1 Å². The van der Waals surface area contributed by atoms with Crippen LogP contribution in [0.25, 0.3) is 0 Å². The van der Waals surface area contributed by atoms with Gasteiger partial charge in [-0.05, 0) is 57.6 Å². The number of aliphatic hydroxyl groups is 1. The van der Waals surface area contributed by atoms with E-state index in [1.165, 1.54) is 6.92 Å². The highest BCUT2D eigenvalue weighted by atomic mass is 32.2. The van der Waals surface area contributed by atoms with Crippen LogP contribution < -0.4 is 11.5 Å². The summed E-state index contributed by atoms with van der Waals surface area (Å²) in [5.41, 5.74) is 10.4. The van der Waals surface area contributed by atoms with Crippen molar-refractivity contribution in [2.75, 3.05) is 13.2 Å². The van der Waals surface area contributed by atoms with Crippen molar-refractivity contribution in [2.45, 2.75) is 106 Å². The van der Waals surface area contributed by atoms with Crippen LogP contribution in [0.5, 0.6) is 0 Å². The molecule has 2 rings (SSSR count). The first-order valence-electron chi connectivity index (χ1n) is 11.7. The van der Waals surface area contributed by atoms with Gasteiger partial charge >= 0.3 is 5.97 Å². The molecule has 1 saturated heterocycles. The molecule has 1 fully saturated rings. The molecule has 1 aliphatic heterocycles. The molecule has 8 nitrogen and oxygen atoms in total. The lowest BCUT2D eigenvalue weighted by Gasteiger charge is -2.25. The summed E-state index contributed by atoms with van der Waals surface area (Å²) in [6, 6.07) is 7.04. The summed E-state index contributed by atoms with van der Waals surface area (Å²) >= 11 is 0. The van der Waals surface area contributed by atoms with Crippen LogP contribution in [0, 0.1) is 24.7 Å². The van der Waals surface area contributed by atoms with Gasteiger partial charge in [-0.25, -0.2) is 8.42 Å². The Hall–Kier alpha value is -1.52. The first-order chi connectivity index (χ1) is 15.2. The molecule has 0 radical (unpaired) electrons. The van der Waals surface area contributed by atoms with Crippen molar-refractivity contribution in [1.82, 2.24) is 4.31 Å². The maximum Gasteiger partial charge on any atom is 0.323 e. The molecule has 214 valence electrons. The van der Waals surface area contributed by atoms with Gasteiger partial charge in [-0.2, -0.15) is 4.31 Å². The molecule has 0 aliphatic carbocycles. The predicted molar refractivity (Wildman–Crippen MR) is 151 cm³/mol. The standard InChI is InChI=1S/C13H19NO2S.C6H13NO2.C6H15NO.2CH4/c1-10(2)13(4)9-14(13)17(15,16)12-7-5-11(3)6-8-12;1-4(2)6(3,7)5(8)9;1-5(2)6(3,7)4-8;;/h5-8,10H,9H2,1-4H3;4H,7H2,1-3H3,(H,8,9);5,8H,4,7H2,1-3H3;2*1H4/t13-,14?;2*6-;;/m010../s1. The van der Waals surface area contributed by atoms with Crippen molar-refractivity contribution < 1.29 is 23.4 Å². The number of carboxylic acid groups (broad SMARTS) is 1. The second-order valence-electron chi connectivity index (χ2n) is 10.9. The topological polar surface area (TPSA) is 147 Å². The Balaban J connectivity index is -0.000000493. The molecule has 0 amide bonds. The lowest BCUT2D eigenvalue weighted by Crippen LogP contribution is -2.49. The summed E-state index contributed by atoms with van der Waals surface area (Å²) in [6.45, 7) is 19.7. The zero-order valence-corrected chi connectivity index (χ0v) is 23.4. The van der Waals surface area contributed by atoms with Crippen LogP contribution in [0.3, 0.4) is 0 Å². The second-order valence-corrected chi connectivity index (χ2v) is 12.8. The van der Waals surface area contributed by atoms with E-state index >= 15 is 0 Å². The monoisotopic (exact) mass is 533 g/mol. The molecule has 36 heavy (non-hydrogen) atoms. The van der Waals surface area contributed by atoms with Gasteiger partial charge in [-0.15, -0.1) is 0 Å². The van der Waals surface area contributed by atoms with Gasteiger partial charge in [0.2, 0.25) is 10.0 Å². The van der Waals surface area contributed by atoms with Gasteiger partial charge in [0, 0.05) is 17.6 Å². The average molecular weight is 534 g/mol. The number of sulfonamides is 1. The van der Waals surface area contributed by atoms with Crippen LogP contribution in [-0.4, -0.2) is 58.7 Å². The molecule has 6 N–H and O–H groups in total. The lowest BCUT2D eigenvalue weighted by atomic mass is 9.90. The SMILES string of the molecule is C.C.CC(C)[C@@](C)(N)C(=O)O.CC(C)[C@@](C)(N)CO.Cc1ccc(S(=O)(=O)N2C[C@@]2(C)C(C)C)cc1. The first kappa shape index (κ1) is 39.0. The predicted octanol–water partition coefficient (Wildman–Crippen LogP) is 4.48. The molecule has 1 unspecified atom stereocenters. The number of aliphatic carboxylic acids is 1. The number of aliphatic hydroxyl groups excluding tert-OH is 1. The minimum absolute atomic E-state index is 0. The van der Waals surface area contributed by atoms with E-state index in [-0.39, 0.29) is 32.9 Å². The number of nitrogens with two attached hydrogens (primary N) is 2. The smallest absolute Gasteiger partial charge is 0.323 e. The minimum atomic E-state index is -3.30. The van der Waals surface area contributed by atoms with Crippen molar-refractivity contribution in [3.8, 4) is 0 Å². The van der Waals surface area contributed by atoms with E-state index in [2.05, 4.69) is 13.8 Å². The number of nitrogens with zero attached hydrogens (tertiary/aromatic N) is 1. The van der Waals surface area contributed by atoms with Gasteiger partial charge in [0.05, 0.1) is 11.5 Å². The van der Waals surface area contributed by atoms with E-state index in [1.807, 2.05) is 46.8 Å². The fourth-order valence-corrected chi connectivity index (χ4v) is 4.28. The van der Waals surface area contributed by atoms with Crippen LogP contribution in [0.4, 0.5) is 0 Å². The van der Waals surface area contributed by atoms with Crippen LogP contribution in [0.1, 0.15) is 82.7 Å². The van der Waals surface area contributed by atoms with Gasteiger partial charge in [0.25, 0.3) is 0 Å². The molecule has 1 aromatic carbocycles. The first-order valence-corrected chi connectivity index (χ1v) is 13.1. The number of benzene rings is 1. The summed E-state index contributed by atoms with van der Waals surface area (Å²) in [6.07, 6.45) is 0. The van der Waals surface area contributed by atoms with Crippen molar-refractivity contribution in [3.05, 3.63) is 29.8 Å². The van der Waals surface area contributed by atoms with Gasteiger partial charge in [0.1, 0.15) is 5.54 Å². The molecule has 1 aliphatic rings. The van der Waals surface area contributed by atoms with Gasteiger partial charge in [0.15, 0.2) is 0 Å². The second kappa shape index (κ2) is 14.4. The number of carboxylic acids is 1. The summed E-state index contributed by atoms with van der Waals surface area (Å²) in [7, 11) is -3.30. The fourth-order valence-electron chi connectivity index (χ4n) is 2.35. The Morgan fingerprint density at radius 1 is 1.03 bits per heavy atom. The molecule has 0 saturated carbocycles. The number of carbonyl (C=O) groups is 1. The molecule has 4 atom stereocenters. The van der Waals surface area contributed by atoms with E-state index in [4.69, 9.17) is 21.7 Å². The Labute approximate surface area is 221 Å². The average Bonchev–Trinajstić information content (AvgIpc) is 3.43. The van der Waals surface area contributed by atoms with Crippen molar-refractivity contribution in [2.24, 2.45) is 29.2 Å². The number of hydrogen-bond acceptors (Lipinski definition) is 6. The largest absolute Gasteiger partial charge is 0.480 e. The molecule has 1 heterocycles. The normalized spacial score (nSPS) is 21.9. The quantitative estimate of drug-likeness (QED) is 0.378. The zero-order valence-electron chi connectivity index (χ0n) is 22.6. The number of hydrogen-bond donors (Lipinski definition) is 4. The van der Waals surface area contributed by atoms with Gasteiger partial charge in [-0.3, -0.25) is 4.79 Å². The highest BCUT2D eigenvalue weighted by Gasteiger charge is 2.57. The molecule has 0 bridgehead atoms. The number of aryl methyl sites for hydroxylation is 1. The maximum atomic E-state index is 12.4. The summed E-state index contributed by atoms with van der Waals surface area (Å²) in [5, 5.41) is 17.1. The third kappa shape index (κ3) is 10.1. The molecular weight excluding hydrogens is 478 g/mol. The highest BCUT2D eigenvalue weighted by Crippen LogP contribution is 2.43. The third-order valence-electron chi connectivity index (χ3n) is 7.10. The summed E-state index contributed by atoms with van der Waals surface area (Å²) in [4.78, 5) is 10.7. The summed E-state index contributed by atoms with van der Waals surface area (Å²) < 4.78 is 26.3. The van der Waals surface area contributed by atoms with Crippen LogP contribution in [0.2, 0.25) is 0 Å². The summed E-state index contributed by atoms with van der Waals surface area (Å²) in [5.74, 6) is -0.303. The zero-order chi connectivity index (χ0) is 27.3. The Kier molecular flexibility index (Phi) is 15.6. The third-order valence-corrected chi connectivity index (χ3v) is 9.10. The van der Waals surface area contributed by atoms with E-state index in [0.717, 1.165) is 5.56 Å². The lowest BCUT2D eigenvalue weighted by molar-refractivity contribution is -0.144. The molecule has 0 aromatic heterocycles.